The molecule has 2 nitrogen and oxygen atoms in total. The molecule has 0 heterocycles. The topological polar surface area (TPSA) is 18.5 Å². The highest BCUT2D eigenvalue weighted by atomic mass is 79.9. The van der Waals surface area contributed by atoms with E-state index >= 15 is 0 Å². The fourth-order valence-electron chi connectivity index (χ4n) is 3.31. The molecule has 0 fully saturated rings. The summed E-state index contributed by atoms with van der Waals surface area (Å²) in [6.07, 6.45) is 12.4. The predicted molar refractivity (Wildman–Crippen MR) is 129 cm³/mol. The molecule has 0 saturated heterocycles. The molecule has 0 spiro atoms. The van der Waals surface area contributed by atoms with E-state index in [-0.39, 0.29) is 0 Å². The van der Waals surface area contributed by atoms with E-state index in [2.05, 4.69) is 68.3 Å². The number of unbranched alkanes of at least 4 members (excludes halogenated alkanes) is 8. The Kier molecular flexibility index (Phi) is 12.7. The standard InChI is InChI=1S/C24H34Br2O2/c25-17-9-3-1-5-11-19-27-23-15-16-24(22-14-8-7-13-21(22)23)28-20-12-6-2-4-10-18-26/h7-8,13-16H,1-6,9-12,17-20H2. The fraction of sp³-hybridized carbons (Fsp3) is 0.583. The normalized spacial score (nSPS) is 11.1. The van der Waals surface area contributed by atoms with E-state index in [1.54, 1.807) is 0 Å². The Balaban J connectivity index is 1.81. The SMILES string of the molecule is BrCCCCCCCOc1ccc(OCCCCCCCBr)c2ccccc12. The lowest BCUT2D eigenvalue weighted by atomic mass is 10.1. The van der Waals surface area contributed by atoms with Gasteiger partial charge in [-0.15, -0.1) is 0 Å². The monoisotopic (exact) mass is 512 g/mol. The van der Waals surface area contributed by atoms with Crippen LogP contribution in [0.2, 0.25) is 0 Å². The summed E-state index contributed by atoms with van der Waals surface area (Å²) in [5.41, 5.74) is 0. The smallest absolute Gasteiger partial charge is 0.127 e. The van der Waals surface area contributed by atoms with Crippen molar-refractivity contribution in [2.75, 3.05) is 23.9 Å². The minimum absolute atomic E-state index is 0.785. The average molecular weight is 514 g/mol. The van der Waals surface area contributed by atoms with Crippen molar-refractivity contribution in [2.45, 2.75) is 64.2 Å². The van der Waals surface area contributed by atoms with E-state index in [0.29, 0.717) is 0 Å². The molecular weight excluding hydrogens is 480 g/mol. The lowest BCUT2D eigenvalue weighted by molar-refractivity contribution is 0.301. The summed E-state index contributed by atoms with van der Waals surface area (Å²) in [5, 5.41) is 4.52. The first-order valence-corrected chi connectivity index (χ1v) is 13.0. The van der Waals surface area contributed by atoms with E-state index in [9.17, 15) is 0 Å². The van der Waals surface area contributed by atoms with Gasteiger partial charge in [0.05, 0.1) is 13.2 Å². The van der Waals surface area contributed by atoms with Crippen molar-refractivity contribution in [1.29, 1.82) is 0 Å². The van der Waals surface area contributed by atoms with Gasteiger partial charge < -0.3 is 9.47 Å². The van der Waals surface area contributed by atoms with Crippen LogP contribution >= 0.6 is 31.9 Å². The van der Waals surface area contributed by atoms with Gasteiger partial charge in [-0.05, 0) is 37.8 Å². The fourth-order valence-corrected chi connectivity index (χ4v) is 4.11. The van der Waals surface area contributed by atoms with Crippen molar-refractivity contribution in [3.05, 3.63) is 36.4 Å². The van der Waals surface area contributed by atoms with Gasteiger partial charge in [0.1, 0.15) is 11.5 Å². The first kappa shape index (κ1) is 23.5. The van der Waals surface area contributed by atoms with Gasteiger partial charge in [0.2, 0.25) is 0 Å². The number of alkyl halides is 2. The van der Waals surface area contributed by atoms with E-state index in [1.165, 1.54) is 51.4 Å². The van der Waals surface area contributed by atoms with E-state index in [1.807, 2.05) is 0 Å². The second-order valence-electron chi connectivity index (χ2n) is 7.22. The van der Waals surface area contributed by atoms with Crippen LogP contribution in [0.1, 0.15) is 64.2 Å². The molecule has 0 aliphatic carbocycles. The summed E-state index contributed by atoms with van der Waals surface area (Å²) < 4.78 is 12.2. The van der Waals surface area contributed by atoms with Gasteiger partial charge in [0, 0.05) is 21.4 Å². The van der Waals surface area contributed by atoms with E-state index in [4.69, 9.17) is 9.47 Å². The lowest BCUT2D eigenvalue weighted by Gasteiger charge is -2.13. The van der Waals surface area contributed by atoms with Crippen molar-refractivity contribution in [2.24, 2.45) is 0 Å². The van der Waals surface area contributed by atoms with Crippen molar-refractivity contribution >= 4 is 42.6 Å². The Morgan fingerprint density at radius 1 is 0.500 bits per heavy atom. The van der Waals surface area contributed by atoms with Crippen molar-refractivity contribution < 1.29 is 9.47 Å². The zero-order chi connectivity index (χ0) is 19.9. The first-order chi connectivity index (χ1) is 13.9. The number of benzene rings is 2. The maximum Gasteiger partial charge on any atom is 0.127 e. The summed E-state index contributed by atoms with van der Waals surface area (Å²) in [4.78, 5) is 0. The molecule has 0 amide bonds. The van der Waals surface area contributed by atoms with Crippen molar-refractivity contribution in [3.63, 3.8) is 0 Å². The van der Waals surface area contributed by atoms with Gasteiger partial charge in [-0.3, -0.25) is 0 Å². The largest absolute Gasteiger partial charge is 0.493 e. The predicted octanol–water partition coefficient (Wildman–Crippen LogP) is 8.29. The third-order valence-corrected chi connectivity index (χ3v) is 6.04. The minimum atomic E-state index is 0.785. The number of halogens is 2. The zero-order valence-electron chi connectivity index (χ0n) is 16.9. The molecule has 2 aromatic carbocycles. The second kappa shape index (κ2) is 15.1. The summed E-state index contributed by atoms with van der Waals surface area (Å²) in [6, 6.07) is 12.5. The van der Waals surface area contributed by atoms with Crippen LogP contribution in [-0.4, -0.2) is 23.9 Å². The highest BCUT2D eigenvalue weighted by molar-refractivity contribution is 9.09. The number of fused-ring (bicyclic) bond motifs is 1. The van der Waals surface area contributed by atoms with Gasteiger partial charge in [-0.2, -0.15) is 0 Å². The molecule has 0 N–H and O–H groups in total. The minimum Gasteiger partial charge on any atom is -0.493 e. The molecule has 28 heavy (non-hydrogen) atoms. The Morgan fingerprint density at radius 2 is 0.893 bits per heavy atom. The summed E-state index contributed by atoms with van der Waals surface area (Å²) >= 11 is 6.97. The van der Waals surface area contributed by atoms with E-state index < -0.39 is 0 Å². The van der Waals surface area contributed by atoms with Crippen molar-refractivity contribution in [3.8, 4) is 11.5 Å². The first-order valence-electron chi connectivity index (χ1n) is 10.8. The molecule has 2 aromatic rings. The Hall–Kier alpha value is -0.740. The molecular formula is C24H34Br2O2. The molecule has 0 aromatic heterocycles. The summed E-state index contributed by atoms with van der Waals surface area (Å²) in [5.74, 6) is 1.94. The molecule has 156 valence electrons. The second-order valence-corrected chi connectivity index (χ2v) is 8.80. The average Bonchev–Trinajstić information content (AvgIpc) is 2.73. The quantitative estimate of drug-likeness (QED) is 0.166. The van der Waals surface area contributed by atoms with E-state index in [0.717, 1.165) is 59.0 Å². The summed E-state index contributed by atoms with van der Waals surface area (Å²) in [6.45, 7) is 1.57. The van der Waals surface area contributed by atoms with Gasteiger partial charge in [0.15, 0.2) is 0 Å². The van der Waals surface area contributed by atoms with Crippen molar-refractivity contribution in [1.82, 2.24) is 0 Å². The highest BCUT2D eigenvalue weighted by Crippen LogP contribution is 2.33. The van der Waals surface area contributed by atoms with Crippen LogP contribution in [0.4, 0.5) is 0 Å². The number of hydrogen-bond donors (Lipinski definition) is 0. The Bertz CT molecular complexity index is 604. The summed E-state index contributed by atoms with van der Waals surface area (Å²) in [7, 11) is 0. The molecule has 0 aliphatic rings. The zero-order valence-corrected chi connectivity index (χ0v) is 20.1. The Labute approximate surface area is 187 Å². The molecule has 0 bridgehead atoms. The third kappa shape index (κ3) is 8.73. The maximum atomic E-state index is 6.09. The lowest BCUT2D eigenvalue weighted by Crippen LogP contribution is -2.00. The molecule has 0 aliphatic heterocycles. The van der Waals surface area contributed by atoms with Gasteiger partial charge in [0.25, 0.3) is 0 Å². The van der Waals surface area contributed by atoms with Crippen LogP contribution in [0.25, 0.3) is 10.8 Å². The number of ether oxygens (including phenoxy) is 2. The molecule has 0 atom stereocenters. The van der Waals surface area contributed by atoms with Crippen LogP contribution in [0.15, 0.2) is 36.4 Å². The molecule has 2 rings (SSSR count). The van der Waals surface area contributed by atoms with Crippen LogP contribution < -0.4 is 9.47 Å². The highest BCUT2D eigenvalue weighted by Gasteiger charge is 2.08. The van der Waals surface area contributed by atoms with Gasteiger partial charge in [-0.1, -0.05) is 94.7 Å². The Morgan fingerprint density at radius 3 is 1.32 bits per heavy atom. The van der Waals surface area contributed by atoms with Gasteiger partial charge >= 0.3 is 0 Å². The molecule has 0 unspecified atom stereocenters. The van der Waals surface area contributed by atoms with Crippen LogP contribution in [0, 0.1) is 0 Å². The molecule has 0 saturated carbocycles. The number of rotatable bonds is 16. The van der Waals surface area contributed by atoms with Crippen LogP contribution in [-0.2, 0) is 0 Å². The molecule has 0 radical (unpaired) electrons. The van der Waals surface area contributed by atoms with Crippen LogP contribution in [0.5, 0.6) is 11.5 Å². The third-order valence-electron chi connectivity index (χ3n) is 4.92. The van der Waals surface area contributed by atoms with Gasteiger partial charge in [-0.25, -0.2) is 0 Å². The molecule has 4 heteroatoms. The van der Waals surface area contributed by atoms with Crippen LogP contribution in [0.3, 0.4) is 0 Å². The maximum absolute atomic E-state index is 6.09. The number of hydrogen-bond acceptors (Lipinski definition) is 2.